The van der Waals surface area contributed by atoms with Gasteiger partial charge in [0, 0.05) is 44.7 Å². The minimum Gasteiger partial charge on any atom is -0.385 e. The Morgan fingerprint density at radius 2 is 2.12 bits per heavy atom. The molecule has 1 saturated heterocycles. The lowest BCUT2D eigenvalue weighted by Crippen LogP contribution is -2.44. The van der Waals surface area contributed by atoms with Gasteiger partial charge in [0.2, 0.25) is 5.91 Å². The molecule has 0 radical (unpaired) electrons. The van der Waals surface area contributed by atoms with Gasteiger partial charge >= 0.3 is 0 Å². The van der Waals surface area contributed by atoms with Crippen molar-refractivity contribution in [1.82, 2.24) is 19.4 Å². The molecule has 0 aliphatic carbocycles. The number of likely N-dealkylation sites (tertiary alicyclic amines) is 1. The van der Waals surface area contributed by atoms with Crippen LogP contribution in [0.5, 0.6) is 0 Å². The second kappa shape index (κ2) is 8.60. The Kier molecular flexibility index (Phi) is 6.77. The molecule has 0 aromatic carbocycles. The number of ether oxygens (including phenoxy) is 1. The number of aromatic nitrogens is 2. The summed E-state index contributed by atoms with van der Waals surface area (Å²) in [5.74, 6) is 0.541. The van der Waals surface area contributed by atoms with Crippen LogP contribution in [-0.2, 0) is 16.1 Å². The third-order valence-corrected chi connectivity index (χ3v) is 4.82. The summed E-state index contributed by atoms with van der Waals surface area (Å²) in [5.41, 5.74) is 0.959. The SMILES string of the molecule is COCCn1c(C)cnc1C(O)CC(=O)N1CCC(N(C)C)CC1. The second-order valence-electron chi connectivity index (χ2n) is 6.70. The standard InChI is InChI=1S/C17H30N4O3/c1-13-12-18-17(21(13)9-10-24-4)15(22)11-16(23)20-7-5-14(6-8-20)19(2)3/h12,14-15,22H,5-11H2,1-4H3. The minimum absolute atomic E-state index is 0.00125. The first-order valence-corrected chi connectivity index (χ1v) is 8.57. The van der Waals surface area contributed by atoms with Crippen molar-refractivity contribution in [3.8, 4) is 0 Å². The van der Waals surface area contributed by atoms with Gasteiger partial charge in [-0.3, -0.25) is 4.79 Å². The number of amides is 1. The fraction of sp³-hybridized carbons (Fsp3) is 0.765. The van der Waals surface area contributed by atoms with Crippen LogP contribution in [0.3, 0.4) is 0 Å². The number of nitrogens with zero attached hydrogens (tertiary/aromatic N) is 4. The summed E-state index contributed by atoms with van der Waals surface area (Å²) >= 11 is 0. The number of hydrogen-bond acceptors (Lipinski definition) is 5. The molecule has 1 atom stereocenters. The van der Waals surface area contributed by atoms with E-state index in [9.17, 15) is 9.90 Å². The van der Waals surface area contributed by atoms with Gasteiger partial charge in [-0.15, -0.1) is 0 Å². The van der Waals surface area contributed by atoms with Crippen LogP contribution in [0.1, 0.15) is 36.9 Å². The van der Waals surface area contributed by atoms with E-state index in [1.807, 2.05) is 16.4 Å². The van der Waals surface area contributed by atoms with Gasteiger partial charge in [0.15, 0.2) is 0 Å². The van der Waals surface area contributed by atoms with Crippen molar-refractivity contribution < 1.29 is 14.6 Å². The zero-order valence-corrected chi connectivity index (χ0v) is 15.2. The Bertz CT molecular complexity index is 536. The van der Waals surface area contributed by atoms with Gasteiger partial charge < -0.3 is 24.2 Å². The maximum Gasteiger partial charge on any atom is 0.225 e. The molecule has 7 nitrogen and oxygen atoms in total. The lowest BCUT2D eigenvalue weighted by Gasteiger charge is -2.35. The van der Waals surface area contributed by atoms with E-state index in [0.29, 0.717) is 25.0 Å². The van der Waals surface area contributed by atoms with Crippen molar-refractivity contribution in [2.24, 2.45) is 0 Å². The Labute approximate surface area is 144 Å². The van der Waals surface area contributed by atoms with Crippen LogP contribution in [0.4, 0.5) is 0 Å². The first-order chi connectivity index (χ1) is 11.4. The lowest BCUT2D eigenvalue weighted by atomic mass is 10.0. The van der Waals surface area contributed by atoms with E-state index in [4.69, 9.17) is 4.74 Å². The largest absolute Gasteiger partial charge is 0.385 e. The quantitative estimate of drug-likeness (QED) is 0.797. The monoisotopic (exact) mass is 338 g/mol. The van der Waals surface area contributed by atoms with E-state index in [1.165, 1.54) is 0 Å². The number of carbonyl (C=O) groups excluding carboxylic acids is 1. The van der Waals surface area contributed by atoms with E-state index >= 15 is 0 Å². The van der Waals surface area contributed by atoms with Crippen molar-refractivity contribution >= 4 is 5.91 Å². The molecule has 1 aromatic rings. The molecular weight excluding hydrogens is 308 g/mol. The van der Waals surface area contributed by atoms with E-state index in [2.05, 4.69) is 24.0 Å². The van der Waals surface area contributed by atoms with Crippen LogP contribution in [0.2, 0.25) is 0 Å². The van der Waals surface area contributed by atoms with E-state index in [0.717, 1.165) is 31.6 Å². The molecule has 1 aliphatic rings. The zero-order chi connectivity index (χ0) is 17.7. The number of aliphatic hydroxyl groups is 1. The fourth-order valence-corrected chi connectivity index (χ4v) is 3.24. The Morgan fingerprint density at radius 1 is 1.46 bits per heavy atom. The molecule has 2 rings (SSSR count). The average molecular weight is 338 g/mol. The zero-order valence-electron chi connectivity index (χ0n) is 15.2. The van der Waals surface area contributed by atoms with E-state index in [-0.39, 0.29) is 12.3 Å². The first kappa shape index (κ1) is 18.9. The number of hydrogen-bond donors (Lipinski definition) is 1. The number of aliphatic hydroxyl groups excluding tert-OH is 1. The van der Waals surface area contributed by atoms with E-state index in [1.54, 1.807) is 13.3 Å². The van der Waals surface area contributed by atoms with Crippen LogP contribution < -0.4 is 0 Å². The Morgan fingerprint density at radius 3 is 2.71 bits per heavy atom. The molecule has 1 fully saturated rings. The van der Waals surface area contributed by atoms with Gasteiger partial charge in [0.25, 0.3) is 0 Å². The maximum absolute atomic E-state index is 12.5. The van der Waals surface area contributed by atoms with Gasteiger partial charge in [0.1, 0.15) is 11.9 Å². The van der Waals surface area contributed by atoms with Crippen LogP contribution >= 0.6 is 0 Å². The summed E-state index contributed by atoms with van der Waals surface area (Å²) in [7, 11) is 5.80. The third-order valence-electron chi connectivity index (χ3n) is 4.82. The molecule has 7 heteroatoms. The number of imidazole rings is 1. The number of rotatable bonds is 7. The highest BCUT2D eigenvalue weighted by atomic mass is 16.5. The lowest BCUT2D eigenvalue weighted by molar-refractivity contribution is -0.135. The molecule has 0 spiro atoms. The normalized spacial score (nSPS) is 17.5. The molecule has 0 bridgehead atoms. The summed E-state index contributed by atoms with van der Waals surface area (Å²) in [6.45, 7) is 4.61. The van der Waals surface area contributed by atoms with Crippen LogP contribution in [0.25, 0.3) is 0 Å². The van der Waals surface area contributed by atoms with Crippen LogP contribution in [-0.4, -0.2) is 77.3 Å². The van der Waals surface area contributed by atoms with Crippen molar-refractivity contribution in [3.05, 3.63) is 17.7 Å². The Hall–Kier alpha value is -1.44. The summed E-state index contributed by atoms with van der Waals surface area (Å²) in [5, 5.41) is 10.5. The minimum atomic E-state index is -0.880. The highest BCUT2D eigenvalue weighted by Crippen LogP contribution is 2.21. The number of piperidine rings is 1. The number of methoxy groups -OCH3 is 1. The summed E-state index contributed by atoms with van der Waals surface area (Å²) in [6, 6.07) is 0.537. The predicted molar refractivity (Wildman–Crippen MR) is 91.7 cm³/mol. The number of carbonyl (C=O) groups is 1. The van der Waals surface area contributed by atoms with Gasteiger partial charge in [-0.05, 0) is 33.9 Å². The molecule has 2 heterocycles. The predicted octanol–water partition coefficient (Wildman–Crippen LogP) is 0.814. The number of aryl methyl sites for hydroxylation is 1. The van der Waals surface area contributed by atoms with Crippen LogP contribution in [0, 0.1) is 6.92 Å². The summed E-state index contributed by atoms with van der Waals surface area (Å²) in [4.78, 5) is 20.8. The molecule has 1 aliphatic heterocycles. The van der Waals surface area contributed by atoms with E-state index < -0.39 is 6.10 Å². The van der Waals surface area contributed by atoms with Crippen LogP contribution in [0.15, 0.2) is 6.20 Å². The van der Waals surface area contributed by atoms with Gasteiger partial charge in [0.05, 0.1) is 13.0 Å². The van der Waals surface area contributed by atoms with Gasteiger partial charge in [-0.2, -0.15) is 0 Å². The first-order valence-electron chi connectivity index (χ1n) is 8.57. The Balaban J connectivity index is 1.92. The van der Waals surface area contributed by atoms with Gasteiger partial charge in [-0.25, -0.2) is 4.98 Å². The molecule has 0 saturated carbocycles. The second-order valence-corrected chi connectivity index (χ2v) is 6.70. The molecule has 136 valence electrons. The summed E-state index contributed by atoms with van der Waals surface area (Å²) < 4.78 is 7.02. The molecule has 1 unspecified atom stereocenters. The maximum atomic E-state index is 12.5. The highest BCUT2D eigenvalue weighted by molar-refractivity contribution is 5.76. The smallest absolute Gasteiger partial charge is 0.225 e. The highest BCUT2D eigenvalue weighted by Gasteiger charge is 2.27. The van der Waals surface area contributed by atoms with Crippen molar-refractivity contribution in [3.63, 3.8) is 0 Å². The van der Waals surface area contributed by atoms with Crippen molar-refractivity contribution in [1.29, 1.82) is 0 Å². The van der Waals surface area contributed by atoms with Crippen molar-refractivity contribution in [2.75, 3.05) is 40.9 Å². The fourth-order valence-electron chi connectivity index (χ4n) is 3.24. The summed E-state index contributed by atoms with van der Waals surface area (Å²) in [6.07, 6.45) is 2.89. The van der Waals surface area contributed by atoms with Crippen molar-refractivity contribution in [2.45, 2.75) is 44.9 Å². The molecule has 1 N–H and O–H groups in total. The molecule has 24 heavy (non-hydrogen) atoms. The molecule has 1 aromatic heterocycles. The van der Waals surface area contributed by atoms with Gasteiger partial charge in [-0.1, -0.05) is 0 Å². The average Bonchev–Trinajstić information content (AvgIpc) is 2.93. The third kappa shape index (κ3) is 4.55. The molecule has 1 amide bonds. The molecular formula is C17H30N4O3. The topological polar surface area (TPSA) is 70.8 Å².